The van der Waals surface area contributed by atoms with Gasteiger partial charge in [0, 0.05) is 37.2 Å². The Morgan fingerprint density at radius 1 is 1.25 bits per heavy atom. The molecule has 0 radical (unpaired) electrons. The van der Waals surface area contributed by atoms with Crippen LogP contribution < -0.4 is 5.73 Å². The van der Waals surface area contributed by atoms with Gasteiger partial charge in [-0.3, -0.25) is 4.90 Å². The number of carbonyl (C=O) groups excluding carboxylic acids is 1. The number of nitrogens with two attached hydrogens (primary N) is 1. The van der Waals surface area contributed by atoms with E-state index in [9.17, 15) is 4.79 Å². The van der Waals surface area contributed by atoms with E-state index in [-0.39, 0.29) is 12.1 Å². The number of nitrogens with zero attached hydrogens (tertiary/aromatic N) is 2. The lowest BCUT2D eigenvalue weighted by Crippen LogP contribution is -2.51. The predicted molar refractivity (Wildman–Crippen MR) is 97.2 cm³/mol. The Hall–Kier alpha value is -1.30. The molecule has 0 aromatic heterocycles. The number of amides is 1. The SMILES string of the molecule is CC(C)(C)OC(=O)N1CCN(C(CCN)c2ccccc2Cl)CC1. The number of hydrogen-bond donors (Lipinski definition) is 1. The van der Waals surface area contributed by atoms with Crippen LogP contribution in [-0.4, -0.2) is 54.2 Å². The van der Waals surface area contributed by atoms with E-state index in [1.54, 1.807) is 4.90 Å². The first-order valence-electron chi connectivity index (χ1n) is 8.48. The van der Waals surface area contributed by atoms with Crippen LogP contribution in [0, 0.1) is 0 Å². The van der Waals surface area contributed by atoms with Gasteiger partial charge in [-0.2, -0.15) is 0 Å². The number of benzene rings is 1. The van der Waals surface area contributed by atoms with Crippen LogP contribution in [0.5, 0.6) is 0 Å². The number of hydrogen-bond acceptors (Lipinski definition) is 4. The molecule has 1 saturated heterocycles. The molecule has 1 amide bonds. The molecular formula is C18H28ClN3O2. The lowest BCUT2D eigenvalue weighted by atomic mass is 10.0. The van der Waals surface area contributed by atoms with Crippen LogP contribution >= 0.6 is 11.6 Å². The number of carbonyl (C=O) groups is 1. The van der Waals surface area contributed by atoms with Crippen molar-refractivity contribution in [2.45, 2.75) is 38.8 Å². The Morgan fingerprint density at radius 3 is 2.42 bits per heavy atom. The molecule has 0 bridgehead atoms. The Balaban J connectivity index is 2.01. The molecule has 2 rings (SSSR count). The van der Waals surface area contributed by atoms with Crippen molar-refractivity contribution in [1.29, 1.82) is 0 Å². The highest BCUT2D eigenvalue weighted by Gasteiger charge is 2.29. The minimum Gasteiger partial charge on any atom is -0.444 e. The molecule has 1 heterocycles. The van der Waals surface area contributed by atoms with Gasteiger partial charge in [-0.05, 0) is 45.4 Å². The lowest BCUT2D eigenvalue weighted by Gasteiger charge is -2.40. The van der Waals surface area contributed by atoms with Gasteiger partial charge in [0.2, 0.25) is 0 Å². The van der Waals surface area contributed by atoms with Crippen LogP contribution in [0.15, 0.2) is 24.3 Å². The van der Waals surface area contributed by atoms with Crippen molar-refractivity contribution in [1.82, 2.24) is 9.80 Å². The molecule has 1 aromatic carbocycles. The molecule has 1 aliphatic heterocycles. The zero-order valence-electron chi connectivity index (χ0n) is 14.8. The van der Waals surface area contributed by atoms with E-state index in [1.807, 2.05) is 39.0 Å². The number of halogens is 1. The zero-order chi connectivity index (χ0) is 17.7. The van der Waals surface area contributed by atoms with Crippen molar-refractivity contribution < 1.29 is 9.53 Å². The Morgan fingerprint density at radius 2 is 1.88 bits per heavy atom. The van der Waals surface area contributed by atoms with Gasteiger partial charge in [0.25, 0.3) is 0 Å². The monoisotopic (exact) mass is 353 g/mol. The van der Waals surface area contributed by atoms with E-state index in [2.05, 4.69) is 11.0 Å². The van der Waals surface area contributed by atoms with E-state index >= 15 is 0 Å². The molecule has 134 valence electrons. The second-order valence-electron chi connectivity index (χ2n) is 7.12. The molecule has 24 heavy (non-hydrogen) atoms. The second kappa shape index (κ2) is 8.19. The first-order chi connectivity index (χ1) is 11.3. The van der Waals surface area contributed by atoms with Gasteiger partial charge in [0.15, 0.2) is 0 Å². The smallest absolute Gasteiger partial charge is 0.410 e. The molecular weight excluding hydrogens is 326 g/mol. The van der Waals surface area contributed by atoms with Crippen molar-refractivity contribution in [3.05, 3.63) is 34.9 Å². The average Bonchev–Trinajstić information content (AvgIpc) is 2.52. The first kappa shape index (κ1) is 19.0. The topological polar surface area (TPSA) is 58.8 Å². The normalized spacial score (nSPS) is 17.6. The first-order valence-corrected chi connectivity index (χ1v) is 8.86. The Bertz CT molecular complexity index is 551. The van der Waals surface area contributed by atoms with Crippen molar-refractivity contribution in [3.63, 3.8) is 0 Å². The maximum Gasteiger partial charge on any atom is 0.410 e. The van der Waals surface area contributed by atoms with Crippen molar-refractivity contribution in [3.8, 4) is 0 Å². The molecule has 0 aliphatic carbocycles. The van der Waals surface area contributed by atoms with Crippen molar-refractivity contribution in [2.75, 3.05) is 32.7 Å². The van der Waals surface area contributed by atoms with Gasteiger partial charge in [0.05, 0.1) is 0 Å². The minimum atomic E-state index is -0.464. The van der Waals surface area contributed by atoms with E-state index < -0.39 is 5.60 Å². The summed E-state index contributed by atoms with van der Waals surface area (Å²) in [4.78, 5) is 16.3. The van der Waals surface area contributed by atoms with Gasteiger partial charge in [-0.1, -0.05) is 29.8 Å². The summed E-state index contributed by atoms with van der Waals surface area (Å²) in [5, 5.41) is 0.769. The van der Waals surface area contributed by atoms with Gasteiger partial charge < -0.3 is 15.4 Å². The Labute approximate surface area is 149 Å². The fourth-order valence-electron chi connectivity index (χ4n) is 2.98. The number of piperazine rings is 1. The molecule has 1 aromatic rings. The summed E-state index contributed by atoms with van der Waals surface area (Å²) >= 11 is 6.37. The fraction of sp³-hybridized carbons (Fsp3) is 0.611. The third-order valence-corrected chi connectivity index (χ3v) is 4.46. The third-order valence-electron chi connectivity index (χ3n) is 4.11. The van der Waals surface area contributed by atoms with E-state index in [0.29, 0.717) is 19.6 Å². The van der Waals surface area contributed by atoms with Crippen LogP contribution in [0.25, 0.3) is 0 Å². The fourth-order valence-corrected chi connectivity index (χ4v) is 3.24. The summed E-state index contributed by atoms with van der Waals surface area (Å²) in [7, 11) is 0. The van der Waals surface area contributed by atoms with Crippen molar-refractivity contribution >= 4 is 17.7 Å². The van der Waals surface area contributed by atoms with Crippen molar-refractivity contribution in [2.24, 2.45) is 5.73 Å². The van der Waals surface area contributed by atoms with Crippen LogP contribution in [-0.2, 0) is 4.74 Å². The highest BCUT2D eigenvalue weighted by atomic mass is 35.5. The molecule has 1 unspecified atom stereocenters. The van der Waals surface area contributed by atoms with Gasteiger partial charge in [-0.15, -0.1) is 0 Å². The summed E-state index contributed by atoms with van der Waals surface area (Å²) in [5.41, 5.74) is 6.46. The van der Waals surface area contributed by atoms with E-state index in [1.165, 1.54) is 0 Å². The highest BCUT2D eigenvalue weighted by molar-refractivity contribution is 6.31. The quantitative estimate of drug-likeness (QED) is 0.902. The standard InChI is InChI=1S/C18H28ClN3O2/c1-18(2,3)24-17(23)22-12-10-21(11-13-22)16(8-9-20)14-6-4-5-7-15(14)19/h4-7,16H,8-13,20H2,1-3H3. The maximum atomic E-state index is 12.2. The maximum absolute atomic E-state index is 12.2. The summed E-state index contributed by atoms with van der Waals surface area (Å²) in [6, 6.07) is 8.10. The zero-order valence-corrected chi connectivity index (χ0v) is 15.6. The number of rotatable bonds is 4. The highest BCUT2D eigenvalue weighted by Crippen LogP contribution is 2.30. The molecule has 1 fully saturated rings. The molecule has 5 nitrogen and oxygen atoms in total. The second-order valence-corrected chi connectivity index (χ2v) is 7.53. The summed E-state index contributed by atoms with van der Waals surface area (Å²) in [5.74, 6) is 0. The number of ether oxygens (including phenoxy) is 1. The summed E-state index contributed by atoms with van der Waals surface area (Å²) in [6.07, 6.45) is 0.603. The lowest BCUT2D eigenvalue weighted by molar-refractivity contribution is 0.00984. The van der Waals surface area contributed by atoms with Gasteiger partial charge in [-0.25, -0.2) is 4.79 Å². The molecule has 1 atom stereocenters. The summed E-state index contributed by atoms with van der Waals surface area (Å²) in [6.45, 7) is 9.13. The molecule has 1 aliphatic rings. The van der Waals surface area contributed by atoms with Crippen LogP contribution in [0.3, 0.4) is 0 Å². The van der Waals surface area contributed by atoms with Crippen LogP contribution in [0.1, 0.15) is 38.8 Å². The molecule has 6 heteroatoms. The minimum absolute atomic E-state index is 0.185. The van der Waals surface area contributed by atoms with Gasteiger partial charge in [0.1, 0.15) is 5.60 Å². The molecule has 0 saturated carbocycles. The summed E-state index contributed by atoms with van der Waals surface area (Å²) < 4.78 is 5.45. The third kappa shape index (κ3) is 5.10. The van der Waals surface area contributed by atoms with Gasteiger partial charge >= 0.3 is 6.09 Å². The van der Waals surface area contributed by atoms with Crippen LogP contribution in [0.2, 0.25) is 5.02 Å². The Kier molecular flexibility index (Phi) is 6.49. The predicted octanol–water partition coefficient (Wildman–Crippen LogP) is 3.28. The van der Waals surface area contributed by atoms with E-state index in [4.69, 9.17) is 22.1 Å². The molecule has 0 spiro atoms. The van der Waals surface area contributed by atoms with E-state index in [0.717, 1.165) is 30.1 Å². The van der Waals surface area contributed by atoms with Crippen LogP contribution in [0.4, 0.5) is 4.79 Å². The largest absolute Gasteiger partial charge is 0.444 e. The molecule has 2 N–H and O–H groups in total. The average molecular weight is 354 g/mol.